The fourth-order valence-corrected chi connectivity index (χ4v) is 3.45. The van der Waals surface area contributed by atoms with Gasteiger partial charge in [0.15, 0.2) is 5.65 Å². The standard InChI is InChI=1S/C16H21N5S.ClH/c1-4-21(5-2)10-11-22-16-17-14-12-8-6-7-9-13(12)20(3)15(14)18-19-16;/h6-9H,4-5,10-11H2,1-3H3;1H. The topological polar surface area (TPSA) is 46.8 Å². The van der Waals surface area contributed by atoms with Gasteiger partial charge >= 0.3 is 0 Å². The molecule has 5 nitrogen and oxygen atoms in total. The van der Waals surface area contributed by atoms with Gasteiger partial charge in [-0.25, -0.2) is 4.98 Å². The van der Waals surface area contributed by atoms with Crippen LogP contribution in [0.3, 0.4) is 0 Å². The Morgan fingerprint density at radius 2 is 1.87 bits per heavy atom. The van der Waals surface area contributed by atoms with Crippen molar-refractivity contribution in [2.45, 2.75) is 19.0 Å². The minimum Gasteiger partial charge on any atom is -0.326 e. The Labute approximate surface area is 146 Å². The number of thioether (sulfide) groups is 1. The van der Waals surface area contributed by atoms with Crippen LogP contribution in [0.2, 0.25) is 0 Å². The van der Waals surface area contributed by atoms with Crippen molar-refractivity contribution in [1.29, 1.82) is 0 Å². The normalized spacial score (nSPS) is 11.3. The Hall–Kier alpha value is -1.37. The highest BCUT2D eigenvalue weighted by molar-refractivity contribution is 7.99. The van der Waals surface area contributed by atoms with E-state index in [0.29, 0.717) is 0 Å². The molecule has 0 atom stereocenters. The predicted octanol–water partition coefficient (Wildman–Crippen LogP) is 3.37. The summed E-state index contributed by atoms with van der Waals surface area (Å²) in [5.74, 6) is 0.986. The van der Waals surface area contributed by atoms with E-state index < -0.39 is 0 Å². The molecule has 2 heterocycles. The van der Waals surface area contributed by atoms with Crippen LogP contribution in [0.1, 0.15) is 13.8 Å². The quantitative estimate of drug-likeness (QED) is 0.637. The van der Waals surface area contributed by atoms with Crippen LogP contribution in [-0.4, -0.2) is 50.0 Å². The van der Waals surface area contributed by atoms with Gasteiger partial charge in [-0.3, -0.25) is 0 Å². The van der Waals surface area contributed by atoms with E-state index in [4.69, 9.17) is 4.98 Å². The Morgan fingerprint density at radius 3 is 2.61 bits per heavy atom. The Bertz CT molecular complexity index is 785. The van der Waals surface area contributed by atoms with Crippen LogP contribution in [0, 0.1) is 0 Å². The zero-order valence-corrected chi connectivity index (χ0v) is 15.3. The molecule has 0 radical (unpaired) electrons. The molecule has 0 amide bonds. The number of benzene rings is 1. The zero-order chi connectivity index (χ0) is 15.5. The summed E-state index contributed by atoms with van der Waals surface area (Å²) in [5, 5.41) is 10.5. The third-order valence-corrected chi connectivity index (χ3v) is 4.84. The van der Waals surface area contributed by atoms with Crippen molar-refractivity contribution >= 4 is 46.2 Å². The first-order chi connectivity index (χ1) is 10.7. The molecular weight excluding hydrogens is 330 g/mol. The van der Waals surface area contributed by atoms with Crippen LogP contribution in [0.4, 0.5) is 0 Å². The molecule has 0 N–H and O–H groups in total. The Morgan fingerprint density at radius 1 is 1.13 bits per heavy atom. The van der Waals surface area contributed by atoms with Crippen LogP contribution in [0.25, 0.3) is 22.1 Å². The molecule has 23 heavy (non-hydrogen) atoms. The van der Waals surface area contributed by atoms with Crippen molar-refractivity contribution in [3.63, 3.8) is 0 Å². The molecule has 3 rings (SSSR count). The van der Waals surface area contributed by atoms with Crippen molar-refractivity contribution < 1.29 is 0 Å². The van der Waals surface area contributed by atoms with Gasteiger partial charge in [-0.15, -0.1) is 22.6 Å². The number of hydrogen-bond donors (Lipinski definition) is 0. The maximum atomic E-state index is 4.72. The smallest absolute Gasteiger partial charge is 0.209 e. The van der Waals surface area contributed by atoms with Crippen molar-refractivity contribution in [2.75, 3.05) is 25.4 Å². The zero-order valence-electron chi connectivity index (χ0n) is 13.7. The highest BCUT2D eigenvalue weighted by Gasteiger charge is 2.12. The summed E-state index contributed by atoms with van der Waals surface area (Å²) < 4.78 is 2.05. The van der Waals surface area contributed by atoms with E-state index in [1.54, 1.807) is 11.8 Å². The second-order valence-corrected chi connectivity index (χ2v) is 6.28. The van der Waals surface area contributed by atoms with E-state index in [9.17, 15) is 0 Å². The highest BCUT2D eigenvalue weighted by atomic mass is 35.5. The molecule has 3 aromatic rings. The molecule has 1 aromatic carbocycles. The molecule has 0 aliphatic heterocycles. The SMILES string of the molecule is CCN(CC)CCSc1nnc2c(n1)c1ccccc1n2C.Cl. The van der Waals surface area contributed by atoms with Gasteiger partial charge in [0.2, 0.25) is 5.16 Å². The average Bonchev–Trinajstić information content (AvgIpc) is 2.85. The summed E-state index contributed by atoms with van der Waals surface area (Å²) in [6, 6.07) is 8.26. The van der Waals surface area contributed by atoms with Gasteiger partial charge in [0.25, 0.3) is 0 Å². The Kier molecular flexibility index (Phi) is 6.21. The summed E-state index contributed by atoms with van der Waals surface area (Å²) in [4.78, 5) is 7.12. The molecule has 124 valence electrons. The van der Waals surface area contributed by atoms with Gasteiger partial charge in [0.05, 0.1) is 5.52 Å². The maximum Gasteiger partial charge on any atom is 0.209 e. The van der Waals surface area contributed by atoms with Gasteiger partial charge < -0.3 is 9.47 Å². The maximum absolute atomic E-state index is 4.72. The second kappa shape index (κ2) is 7.95. The molecule has 0 aliphatic carbocycles. The van der Waals surface area contributed by atoms with E-state index in [2.05, 4.69) is 45.6 Å². The molecular formula is C16H22ClN5S. The number of aromatic nitrogens is 4. The van der Waals surface area contributed by atoms with Gasteiger partial charge in [0.1, 0.15) is 5.52 Å². The van der Waals surface area contributed by atoms with E-state index in [1.807, 2.05) is 19.2 Å². The van der Waals surface area contributed by atoms with E-state index >= 15 is 0 Å². The average molecular weight is 352 g/mol. The van der Waals surface area contributed by atoms with Crippen molar-refractivity contribution in [3.05, 3.63) is 24.3 Å². The first-order valence-corrected chi connectivity index (χ1v) is 8.66. The van der Waals surface area contributed by atoms with Crippen molar-refractivity contribution in [1.82, 2.24) is 24.6 Å². The van der Waals surface area contributed by atoms with Crippen LogP contribution in [-0.2, 0) is 7.05 Å². The number of hydrogen-bond acceptors (Lipinski definition) is 5. The molecule has 0 unspecified atom stereocenters. The number of halogens is 1. The largest absolute Gasteiger partial charge is 0.326 e. The van der Waals surface area contributed by atoms with E-state index in [-0.39, 0.29) is 12.4 Å². The summed E-state index contributed by atoms with van der Waals surface area (Å²) in [7, 11) is 2.01. The fourth-order valence-electron chi connectivity index (χ4n) is 2.66. The van der Waals surface area contributed by atoms with Crippen LogP contribution >= 0.6 is 24.2 Å². The number of aryl methyl sites for hydroxylation is 1. The first-order valence-electron chi connectivity index (χ1n) is 7.67. The molecule has 0 fully saturated rings. The molecule has 0 aliphatic rings. The van der Waals surface area contributed by atoms with Crippen molar-refractivity contribution in [2.24, 2.45) is 7.05 Å². The summed E-state index contributed by atoms with van der Waals surface area (Å²) in [6.45, 7) is 7.59. The number of rotatable bonds is 6. The van der Waals surface area contributed by atoms with Gasteiger partial charge in [-0.2, -0.15) is 0 Å². The lowest BCUT2D eigenvalue weighted by molar-refractivity contribution is 0.324. The van der Waals surface area contributed by atoms with E-state index in [1.165, 1.54) is 0 Å². The molecule has 7 heteroatoms. The summed E-state index contributed by atoms with van der Waals surface area (Å²) in [6.07, 6.45) is 0. The third-order valence-electron chi connectivity index (χ3n) is 4.02. The molecule has 0 saturated carbocycles. The predicted molar refractivity (Wildman–Crippen MR) is 99.6 cm³/mol. The van der Waals surface area contributed by atoms with Crippen LogP contribution < -0.4 is 0 Å². The molecule has 0 spiro atoms. The fraction of sp³-hybridized carbons (Fsp3) is 0.438. The first kappa shape index (κ1) is 18.0. The second-order valence-electron chi connectivity index (χ2n) is 5.22. The number of nitrogens with zero attached hydrogens (tertiary/aromatic N) is 5. The minimum absolute atomic E-state index is 0. The van der Waals surface area contributed by atoms with Gasteiger partial charge in [-0.1, -0.05) is 43.8 Å². The lowest BCUT2D eigenvalue weighted by atomic mass is 10.2. The summed E-state index contributed by atoms with van der Waals surface area (Å²) >= 11 is 1.68. The molecule has 0 saturated heterocycles. The van der Waals surface area contributed by atoms with Crippen molar-refractivity contribution in [3.8, 4) is 0 Å². The highest BCUT2D eigenvalue weighted by Crippen LogP contribution is 2.26. The van der Waals surface area contributed by atoms with Gasteiger partial charge in [-0.05, 0) is 19.2 Å². The molecule has 0 bridgehead atoms. The monoisotopic (exact) mass is 351 g/mol. The van der Waals surface area contributed by atoms with E-state index in [0.717, 1.165) is 52.6 Å². The van der Waals surface area contributed by atoms with Gasteiger partial charge in [0, 0.05) is 24.7 Å². The lowest BCUT2D eigenvalue weighted by Crippen LogP contribution is -2.25. The molecule has 2 aromatic heterocycles. The lowest BCUT2D eigenvalue weighted by Gasteiger charge is -2.16. The minimum atomic E-state index is 0. The summed E-state index contributed by atoms with van der Waals surface area (Å²) in [5.41, 5.74) is 2.93. The Balaban J connectivity index is 0.00000192. The van der Waals surface area contributed by atoms with Crippen LogP contribution in [0.15, 0.2) is 29.4 Å². The van der Waals surface area contributed by atoms with Crippen LogP contribution in [0.5, 0.6) is 0 Å². The number of fused-ring (bicyclic) bond motifs is 3. The third kappa shape index (κ3) is 3.59. The number of para-hydroxylation sites is 1.